The molecule has 0 aliphatic carbocycles. The van der Waals surface area contributed by atoms with Crippen LogP contribution in [0, 0.1) is 5.92 Å². The number of nitrogens with zero attached hydrogens (tertiary/aromatic N) is 1. The lowest BCUT2D eigenvalue weighted by molar-refractivity contribution is -0.129. The smallest absolute Gasteiger partial charge is 0.228 e. The summed E-state index contributed by atoms with van der Waals surface area (Å²) >= 11 is 0. The number of amides is 2. The predicted molar refractivity (Wildman–Crippen MR) is 90.1 cm³/mol. The van der Waals surface area contributed by atoms with Gasteiger partial charge in [-0.25, -0.2) is 0 Å². The van der Waals surface area contributed by atoms with E-state index in [0.29, 0.717) is 13.1 Å². The Hall–Kier alpha value is -1.59. The van der Waals surface area contributed by atoms with Crippen LogP contribution in [-0.4, -0.2) is 36.3 Å². The van der Waals surface area contributed by atoms with Crippen molar-refractivity contribution in [2.45, 2.75) is 26.8 Å². The van der Waals surface area contributed by atoms with Gasteiger partial charge < -0.3 is 15.5 Å². The fourth-order valence-corrected chi connectivity index (χ4v) is 2.54. The van der Waals surface area contributed by atoms with Gasteiger partial charge in [0.2, 0.25) is 11.8 Å². The quantitative estimate of drug-likeness (QED) is 0.870. The molecule has 2 N–H and O–H groups in total. The minimum Gasteiger partial charge on any atom is -0.339 e. The lowest BCUT2D eigenvalue weighted by Crippen LogP contribution is -2.28. The van der Waals surface area contributed by atoms with Crippen molar-refractivity contribution in [1.82, 2.24) is 10.2 Å². The predicted octanol–water partition coefficient (Wildman–Crippen LogP) is 2.02. The zero-order valence-corrected chi connectivity index (χ0v) is 13.9. The van der Waals surface area contributed by atoms with Crippen LogP contribution in [0.3, 0.4) is 0 Å². The first-order valence-corrected chi connectivity index (χ1v) is 7.46. The molecule has 6 heteroatoms. The second-order valence-electron chi connectivity index (χ2n) is 5.41. The highest BCUT2D eigenvalue weighted by Gasteiger charge is 2.22. The molecule has 0 spiro atoms. The van der Waals surface area contributed by atoms with Crippen LogP contribution in [0.15, 0.2) is 24.3 Å². The second-order valence-corrected chi connectivity index (χ2v) is 5.41. The van der Waals surface area contributed by atoms with Crippen molar-refractivity contribution in [3.63, 3.8) is 0 Å². The van der Waals surface area contributed by atoms with Gasteiger partial charge in [-0.15, -0.1) is 12.4 Å². The molecular formula is C16H24ClN3O2. The van der Waals surface area contributed by atoms with Crippen molar-refractivity contribution in [3.8, 4) is 0 Å². The third-order valence-corrected chi connectivity index (χ3v) is 3.83. The molecule has 1 aliphatic heterocycles. The number of hydrogen-bond acceptors (Lipinski definition) is 3. The van der Waals surface area contributed by atoms with E-state index in [1.54, 1.807) is 11.8 Å². The van der Waals surface area contributed by atoms with E-state index in [1.807, 2.05) is 31.2 Å². The van der Waals surface area contributed by atoms with Gasteiger partial charge in [0.25, 0.3) is 0 Å². The fraction of sp³-hybridized carbons (Fsp3) is 0.500. The van der Waals surface area contributed by atoms with Crippen LogP contribution in [0.2, 0.25) is 0 Å². The number of rotatable bonds is 5. The minimum absolute atomic E-state index is 0. The van der Waals surface area contributed by atoms with Crippen molar-refractivity contribution < 1.29 is 9.59 Å². The van der Waals surface area contributed by atoms with Gasteiger partial charge in [-0.05, 0) is 37.6 Å². The first-order valence-electron chi connectivity index (χ1n) is 7.46. The number of nitrogens with one attached hydrogen (secondary N) is 2. The molecular weight excluding hydrogens is 302 g/mol. The van der Waals surface area contributed by atoms with Gasteiger partial charge >= 0.3 is 0 Å². The Morgan fingerprint density at radius 3 is 2.77 bits per heavy atom. The lowest BCUT2D eigenvalue weighted by atomic mass is 10.1. The van der Waals surface area contributed by atoms with Gasteiger partial charge in [0.15, 0.2) is 0 Å². The largest absolute Gasteiger partial charge is 0.339 e. The molecule has 2 rings (SSSR count). The second kappa shape index (κ2) is 8.76. The van der Waals surface area contributed by atoms with Crippen LogP contribution in [0.5, 0.6) is 0 Å². The van der Waals surface area contributed by atoms with Crippen molar-refractivity contribution >= 4 is 29.9 Å². The van der Waals surface area contributed by atoms with Gasteiger partial charge in [0.05, 0.1) is 5.92 Å². The molecule has 1 aromatic rings. The van der Waals surface area contributed by atoms with Gasteiger partial charge in [-0.2, -0.15) is 0 Å². The zero-order valence-electron chi connectivity index (χ0n) is 13.1. The molecule has 1 heterocycles. The van der Waals surface area contributed by atoms with Crippen LogP contribution in [0.4, 0.5) is 5.69 Å². The van der Waals surface area contributed by atoms with Gasteiger partial charge in [-0.1, -0.05) is 12.1 Å². The van der Waals surface area contributed by atoms with Crippen molar-refractivity contribution in [1.29, 1.82) is 0 Å². The average Bonchev–Trinajstić information content (AvgIpc) is 2.99. The number of hydrogen-bond donors (Lipinski definition) is 2. The highest BCUT2D eigenvalue weighted by atomic mass is 35.5. The number of carbonyl (C=O) groups is 2. The molecule has 0 aromatic heterocycles. The Morgan fingerprint density at radius 2 is 2.18 bits per heavy atom. The maximum Gasteiger partial charge on any atom is 0.228 e. The number of anilines is 1. The standard InChI is InChI=1S/C16H23N3O2.ClH/c1-3-19(12(2)20)11-13-5-4-6-15(9-13)18-16(21)14-7-8-17-10-14;/h4-6,9,14,17H,3,7-8,10-11H2,1-2H3,(H,18,21);1H. The Labute approximate surface area is 137 Å². The van der Waals surface area contributed by atoms with E-state index in [9.17, 15) is 9.59 Å². The maximum atomic E-state index is 12.1. The molecule has 122 valence electrons. The fourth-order valence-electron chi connectivity index (χ4n) is 2.54. The van der Waals surface area contributed by atoms with E-state index >= 15 is 0 Å². The Balaban J connectivity index is 0.00000242. The van der Waals surface area contributed by atoms with Crippen LogP contribution >= 0.6 is 12.4 Å². The number of carbonyl (C=O) groups excluding carboxylic acids is 2. The van der Waals surface area contributed by atoms with Crippen LogP contribution in [0.25, 0.3) is 0 Å². The summed E-state index contributed by atoms with van der Waals surface area (Å²) < 4.78 is 0. The minimum atomic E-state index is 0. The average molecular weight is 326 g/mol. The van der Waals surface area contributed by atoms with Gasteiger partial charge in [0.1, 0.15) is 0 Å². The molecule has 1 atom stereocenters. The summed E-state index contributed by atoms with van der Waals surface area (Å²) in [4.78, 5) is 25.3. The van der Waals surface area contributed by atoms with Crippen molar-refractivity contribution in [2.24, 2.45) is 5.92 Å². The summed E-state index contributed by atoms with van der Waals surface area (Å²) in [6.45, 7) is 6.43. The van der Waals surface area contributed by atoms with E-state index in [0.717, 1.165) is 30.8 Å². The van der Waals surface area contributed by atoms with E-state index in [1.165, 1.54) is 0 Å². The molecule has 22 heavy (non-hydrogen) atoms. The molecule has 1 aliphatic rings. The molecule has 0 bridgehead atoms. The first-order chi connectivity index (χ1) is 10.1. The Morgan fingerprint density at radius 1 is 1.41 bits per heavy atom. The SMILES string of the molecule is CCN(Cc1cccc(NC(=O)C2CCNC2)c1)C(C)=O.Cl. The highest BCUT2D eigenvalue weighted by Crippen LogP contribution is 2.16. The number of halogens is 1. The summed E-state index contributed by atoms with van der Waals surface area (Å²) in [6.07, 6.45) is 0.888. The molecule has 2 amide bonds. The zero-order chi connectivity index (χ0) is 15.2. The molecule has 0 radical (unpaired) electrons. The molecule has 5 nitrogen and oxygen atoms in total. The molecule has 1 unspecified atom stereocenters. The third-order valence-electron chi connectivity index (χ3n) is 3.83. The summed E-state index contributed by atoms with van der Waals surface area (Å²) in [5.41, 5.74) is 1.82. The summed E-state index contributed by atoms with van der Waals surface area (Å²) in [5.74, 6) is 0.179. The van der Waals surface area contributed by atoms with E-state index in [2.05, 4.69) is 10.6 Å². The molecule has 1 saturated heterocycles. The van der Waals surface area contributed by atoms with E-state index in [4.69, 9.17) is 0 Å². The van der Waals surface area contributed by atoms with Gasteiger partial charge in [0, 0.05) is 32.2 Å². The topological polar surface area (TPSA) is 61.4 Å². The monoisotopic (exact) mass is 325 g/mol. The summed E-state index contributed by atoms with van der Waals surface area (Å²) in [6, 6.07) is 7.70. The van der Waals surface area contributed by atoms with E-state index < -0.39 is 0 Å². The van der Waals surface area contributed by atoms with Crippen molar-refractivity contribution in [3.05, 3.63) is 29.8 Å². The maximum absolute atomic E-state index is 12.1. The molecule has 1 fully saturated rings. The van der Waals surface area contributed by atoms with E-state index in [-0.39, 0.29) is 30.1 Å². The van der Waals surface area contributed by atoms with Gasteiger partial charge in [-0.3, -0.25) is 9.59 Å². The Kier molecular flexibility index (Phi) is 7.35. The third kappa shape index (κ3) is 5.00. The first kappa shape index (κ1) is 18.5. The normalized spacial score (nSPS) is 16.7. The van der Waals surface area contributed by atoms with Crippen LogP contribution in [0.1, 0.15) is 25.8 Å². The summed E-state index contributed by atoms with van der Waals surface area (Å²) in [7, 11) is 0. The molecule has 1 aromatic carbocycles. The van der Waals surface area contributed by atoms with Crippen LogP contribution < -0.4 is 10.6 Å². The Bertz CT molecular complexity index is 516. The van der Waals surface area contributed by atoms with Crippen LogP contribution in [-0.2, 0) is 16.1 Å². The molecule has 0 saturated carbocycles. The summed E-state index contributed by atoms with van der Waals surface area (Å²) in [5, 5.41) is 6.15. The number of benzene rings is 1. The lowest BCUT2D eigenvalue weighted by Gasteiger charge is -2.19. The highest BCUT2D eigenvalue weighted by molar-refractivity contribution is 5.93. The van der Waals surface area contributed by atoms with Crippen molar-refractivity contribution in [2.75, 3.05) is 25.0 Å².